The summed E-state index contributed by atoms with van der Waals surface area (Å²) >= 11 is 5.47. The Balaban J connectivity index is 2.92. The molecule has 1 heterocycles. The molecule has 1 aliphatic heterocycles. The summed E-state index contributed by atoms with van der Waals surface area (Å²) in [7, 11) is 0. The van der Waals surface area contributed by atoms with E-state index in [1.165, 1.54) is 11.8 Å². The van der Waals surface area contributed by atoms with E-state index >= 15 is 0 Å². The van der Waals surface area contributed by atoms with Gasteiger partial charge in [-0.2, -0.15) is 12.6 Å². The van der Waals surface area contributed by atoms with Crippen LogP contribution in [-0.2, 0) is 9.59 Å². The molecule has 0 aliphatic carbocycles. The number of hydrogen-bond donors (Lipinski definition) is 4. The minimum absolute atomic E-state index is 0.326. The van der Waals surface area contributed by atoms with E-state index in [2.05, 4.69) is 24.5 Å². The number of carbonyl (C=O) groups is 2. The normalized spacial score (nSPS) is 27.4. The van der Waals surface area contributed by atoms with Gasteiger partial charge >= 0.3 is 11.9 Å². The zero-order chi connectivity index (χ0) is 13.2. The van der Waals surface area contributed by atoms with Gasteiger partial charge in [0.25, 0.3) is 0 Å². The lowest BCUT2D eigenvalue weighted by Gasteiger charge is -2.31. The molecule has 0 amide bonds. The van der Waals surface area contributed by atoms with Crippen LogP contribution in [-0.4, -0.2) is 44.1 Å². The number of rotatable bonds is 5. The van der Waals surface area contributed by atoms with Crippen LogP contribution < -0.4 is 5.32 Å². The van der Waals surface area contributed by atoms with Gasteiger partial charge in [-0.05, 0) is 12.0 Å². The molecule has 1 aliphatic rings. The Morgan fingerprint density at radius 3 is 2.53 bits per heavy atom. The van der Waals surface area contributed by atoms with Gasteiger partial charge < -0.3 is 10.2 Å². The summed E-state index contributed by atoms with van der Waals surface area (Å²) < 4.78 is -1.44. The van der Waals surface area contributed by atoms with Crippen molar-refractivity contribution < 1.29 is 19.8 Å². The average Bonchev–Trinajstić information content (AvgIpc) is 2.76. The number of thiol groups is 1. The lowest BCUT2D eigenvalue weighted by Crippen LogP contribution is -2.52. The zero-order valence-corrected chi connectivity index (χ0v) is 11.1. The SMILES string of the molecule is C=C(CC)C(S)(C(=O)O)C1NC(C(=O)O)CS1. The Labute approximate surface area is 109 Å². The van der Waals surface area contributed by atoms with Crippen LogP contribution in [0.1, 0.15) is 13.3 Å². The smallest absolute Gasteiger partial charge is 0.326 e. The molecule has 0 aromatic carbocycles. The Morgan fingerprint density at radius 1 is 1.59 bits per heavy atom. The highest BCUT2D eigenvalue weighted by Crippen LogP contribution is 2.38. The van der Waals surface area contributed by atoms with Crippen LogP contribution in [0.2, 0.25) is 0 Å². The first-order chi connectivity index (χ1) is 7.83. The van der Waals surface area contributed by atoms with Crippen LogP contribution in [0, 0.1) is 0 Å². The molecule has 3 unspecified atom stereocenters. The lowest BCUT2D eigenvalue weighted by atomic mass is 9.96. The van der Waals surface area contributed by atoms with Crippen molar-refractivity contribution in [2.45, 2.75) is 29.5 Å². The number of nitrogens with one attached hydrogen (secondary N) is 1. The van der Waals surface area contributed by atoms with Crippen LogP contribution in [0.5, 0.6) is 0 Å². The Bertz CT molecular complexity index is 360. The van der Waals surface area contributed by atoms with Gasteiger partial charge in [0.1, 0.15) is 6.04 Å². The maximum Gasteiger partial charge on any atom is 0.326 e. The molecule has 3 atom stereocenters. The Morgan fingerprint density at radius 2 is 2.18 bits per heavy atom. The Kier molecular flexibility index (Phi) is 4.51. The molecule has 0 saturated carbocycles. The molecule has 0 spiro atoms. The third kappa shape index (κ3) is 2.61. The number of thioether (sulfide) groups is 1. The topological polar surface area (TPSA) is 86.6 Å². The second-order valence-electron chi connectivity index (χ2n) is 3.80. The summed E-state index contributed by atoms with van der Waals surface area (Å²) in [5, 5.41) is 20.3. The van der Waals surface area contributed by atoms with Crippen molar-refractivity contribution >= 4 is 36.3 Å². The van der Waals surface area contributed by atoms with Crippen molar-refractivity contribution in [1.29, 1.82) is 0 Å². The maximum atomic E-state index is 11.3. The van der Waals surface area contributed by atoms with Gasteiger partial charge in [0.2, 0.25) is 0 Å². The molecular weight excluding hydrogens is 262 g/mol. The van der Waals surface area contributed by atoms with Crippen molar-refractivity contribution in [1.82, 2.24) is 5.32 Å². The van der Waals surface area contributed by atoms with E-state index < -0.39 is 28.1 Å². The molecule has 17 heavy (non-hydrogen) atoms. The summed E-state index contributed by atoms with van der Waals surface area (Å²) in [5.74, 6) is -1.76. The van der Waals surface area contributed by atoms with Gasteiger partial charge in [-0.25, -0.2) is 0 Å². The first kappa shape index (κ1) is 14.4. The number of hydrogen-bond acceptors (Lipinski definition) is 5. The molecule has 1 fully saturated rings. The molecule has 0 aromatic heterocycles. The van der Waals surface area contributed by atoms with Gasteiger partial charge in [0.05, 0.1) is 5.37 Å². The molecule has 0 radical (unpaired) electrons. The second-order valence-corrected chi connectivity index (χ2v) is 5.64. The Hall–Kier alpha value is -0.660. The molecule has 3 N–H and O–H groups in total. The fraction of sp³-hybridized carbons (Fsp3) is 0.600. The van der Waals surface area contributed by atoms with Crippen molar-refractivity contribution in [2.75, 3.05) is 5.75 Å². The van der Waals surface area contributed by atoms with Gasteiger partial charge in [0, 0.05) is 5.75 Å². The zero-order valence-electron chi connectivity index (χ0n) is 9.34. The van der Waals surface area contributed by atoms with Gasteiger partial charge in [-0.15, -0.1) is 11.8 Å². The standard InChI is InChI=1S/C10H15NO4S2/c1-3-5(2)10(16,9(14)15)8-11-6(4-17-8)7(12)13/h6,8,11,16H,2-4H2,1H3,(H,12,13)(H,14,15). The third-order valence-electron chi connectivity index (χ3n) is 2.75. The number of carboxylic acids is 2. The highest BCUT2D eigenvalue weighted by Gasteiger charge is 2.49. The van der Waals surface area contributed by atoms with Crippen LogP contribution in [0.25, 0.3) is 0 Å². The van der Waals surface area contributed by atoms with E-state index in [4.69, 9.17) is 5.11 Å². The van der Waals surface area contributed by atoms with Crippen LogP contribution in [0.4, 0.5) is 0 Å². The summed E-state index contributed by atoms with van der Waals surface area (Å²) in [6, 6.07) is -0.736. The maximum absolute atomic E-state index is 11.3. The molecular formula is C10H15NO4S2. The highest BCUT2D eigenvalue weighted by atomic mass is 32.2. The molecule has 7 heteroatoms. The fourth-order valence-corrected chi connectivity index (χ4v) is 3.42. The largest absolute Gasteiger partial charge is 0.480 e. The molecule has 0 bridgehead atoms. The third-order valence-corrected chi connectivity index (χ3v) is 5.04. The molecule has 0 aromatic rings. The highest BCUT2D eigenvalue weighted by molar-refractivity contribution is 8.01. The second kappa shape index (κ2) is 5.32. The van der Waals surface area contributed by atoms with Crippen molar-refractivity contribution in [3.63, 3.8) is 0 Å². The summed E-state index contributed by atoms with van der Waals surface area (Å²) in [6.45, 7) is 5.52. The minimum atomic E-state index is -1.44. The van der Waals surface area contributed by atoms with E-state index in [0.29, 0.717) is 17.7 Å². The van der Waals surface area contributed by atoms with Crippen molar-refractivity contribution in [3.05, 3.63) is 12.2 Å². The van der Waals surface area contributed by atoms with Crippen molar-refractivity contribution in [2.24, 2.45) is 0 Å². The quantitative estimate of drug-likeness (QED) is 0.440. The first-order valence-corrected chi connectivity index (χ1v) is 6.58. The van der Waals surface area contributed by atoms with E-state index in [0.717, 1.165) is 0 Å². The molecule has 1 rings (SSSR count). The van der Waals surface area contributed by atoms with E-state index in [9.17, 15) is 14.7 Å². The van der Waals surface area contributed by atoms with E-state index in [1.54, 1.807) is 6.92 Å². The number of carboxylic acid groups (broad SMARTS) is 2. The van der Waals surface area contributed by atoms with Gasteiger partial charge in [0.15, 0.2) is 4.75 Å². The van der Waals surface area contributed by atoms with Crippen LogP contribution in [0.3, 0.4) is 0 Å². The lowest BCUT2D eigenvalue weighted by molar-refractivity contribution is -0.141. The first-order valence-electron chi connectivity index (χ1n) is 5.08. The number of aliphatic carboxylic acids is 2. The summed E-state index contributed by atoms with van der Waals surface area (Å²) in [6.07, 6.45) is 0.478. The summed E-state index contributed by atoms with van der Waals surface area (Å²) in [4.78, 5) is 22.2. The van der Waals surface area contributed by atoms with Gasteiger partial charge in [-0.1, -0.05) is 13.5 Å². The van der Waals surface area contributed by atoms with Crippen LogP contribution in [0.15, 0.2) is 12.2 Å². The predicted octanol–water partition coefficient (Wildman–Crippen LogP) is 0.822. The average molecular weight is 277 g/mol. The van der Waals surface area contributed by atoms with E-state index in [-0.39, 0.29) is 0 Å². The van der Waals surface area contributed by atoms with Gasteiger partial charge in [-0.3, -0.25) is 14.9 Å². The minimum Gasteiger partial charge on any atom is -0.480 e. The predicted molar refractivity (Wildman–Crippen MR) is 69.6 cm³/mol. The van der Waals surface area contributed by atoms with Crippen molar-refractivity contribution in [3.8, 4) is 0 Å². The fourth-order valence-electron chi connectivity index (χ4n) is 1.57. The summed E-state index contributed by atoms with van der Waals surface area (Å²) in [5.41, 5.74) is 0.462. The molecule has 1 saturated heterocycles. The van der Waals surface area contributed by atoms with Crippen LogP contribution >= 0.6 is 24.4 Å². The van der Waals surface area contributed by atoms with E-state index in [1.807, 2.05) is 0 Å². The molecule has 96 valence electrons. The molecule has 5 nitrogen and oxygen atoms in total. The monoisotopic (exact) mass is 277 g/mol.